The second-order valence-corrected chi connectivity index (χ2v) is 8.96. The van der Waals surface area contributed by atoms with Gasteiger partial charge in [-0.15, -0.1) is 0 Å². The number of likely N-dealkylation sites (tertiary alicyclic amines) is 1. The highest BCUT2D eigenvalue weighted by Gasteiger charge is 2.37. The van der Waals surface area contributed by atoms with Gasteiger partial charge in [0.15, 0.2) is 0 Å². The Bertz CT molecular complexity index is 829. The standard InChI is InChI=1S/C18H23FN2O5S/c19-14-3-1-5-16(10-14)27(25,26)20-15-4-2-8-21(11-15)17(22)12-6-7-13(9-12)18(23)24/h1,3,5,10,12-13,15,20H,2,4,6-9,11H2,(H,23,24)/t12-,13+,15?/m0/s1. The minimum atomic E-state index is -3.88. The maximum atomic E-state index is 13.3. The molecule has 7 nitrogen and oxygen atoms in total. The monoisotopic (exact) mass is 398 g/mol. The van der Waals surface area contributed by atoms with Gasteiger partial charge in [-0.05, 0) is 50.3 Å². The zero-order chi connectivity index (χ0) is 19.6. The summed E-state index contributed by atoms with van der Waals surface area (Å²) in [6.45, 7) is 0.771. The number of hydrogen-bond donors (Lipinski definition) is 2. The van der Waals surface area contributed by atoms with Crippen LogP contribution in [0, 0.1) is 17.7 Å². The van der Waals surface area contributed by atoms with E-state index in [1.807, 2.05) is 0 Å². The molecule has 0 aromatic heterocycles. The van der Waals surface area contributed by atoms with Crippen molar-refractivity contribution in [3.8, 4) is 0 Å². The minimum Gasteiger partial charge on any atom is -0.481 e. The van der Waals surface area contributed by atoms with Crippen molar-refractivity contribution in [2.45, 2.75) is 43.0 Å². The van der Waals surface area contributed by atoms with Gasteiger partial charge in [-0.25, -0.2) is 17.5 Å². The Kier molecular flexibility index (Phi) is 5.81. The largest absolute Gasteiger partial charge is 0.481 e. The average Bonchev–Trinajstić information content (AvgIpc) is 3.11. The smallest absolute Gasteiger partial charge is 0.306 e. The summed E-state index contributed by atoms with van der Waals surface area (Å²) in [6, 6.07) is 4.33. The summed E-state index contributed by atoms with van der Waals surface area (Å²) in [7, 11) is -3.88. The first-order valence-corrected chi connectivity index (χ1v) is 10.5. The van der Waals surface area contributed by atoms with E-state index in [4.69, 9.17) is 5.11 Å². The number of rotatable bonds is 5. The van der Waals surface area contributed by atoms with Gasteiger partial charge in [-0.3, -0.25) is 9.59 Å². The van der Waals surface area contributed by atoms with Crippen LogP contribution in [0.4, 0.5) is 4.39 Å². The van der Waals surface area contributed by atoms with Crippen molar-refractivity contribution in [1.82, 2.24) is 9.62 Å². The Morgan fingerprint density at radius 3 is 2.59 bits per heavy atom. The molecule has 0 radical (unpaired) electrons. The van der Waals surface area contributed by atoms with Crippen LogP contribution in [-0.2, 0) is 19.6 Å². The molecular formula is C18H23FN2O5S. The lowest BCUT2D eigenvalue weighted by Gasteiger charge is -2.34. The molecule has 1 heterocycles. The van der Waals surface area contributed by atoms with Crippen LogP contribution in [0.15, 0.2) is 29.2 Å². The summed E-state index contributed by atoms with van der Waals surface area (Å²) in [5, 5.41) is 9.09. The number of piperidine rings is 1. The van der Waals surface area contributed by atoms with E-state index < -0.39 is 33.8 Å². The number of benzene rings is 1. The molecule has 0 bridgehead atoms. The maximum absolute atomic E-state index is 13.3. The number of hydrogen-bond acceptors (Lipinski definition) is 4. The zero-order valence-corrected chi connectivity index (χ0v) is 15.6. The molecule has 1 amide bonds. The van der Waals surface area contributed by atoms with Gasteiger partial charge in [0.25, 0.3) is 0 Å². The molecule has 1 aromatic rings. The van der Waals surface area contributed by atoms with E-state index in [0.717, 1.165) is 6.07 Å². The predicted octanol–water partition coefficient (Wildman–Crippen LogP) is 1.60. The normalized spacial score (nSPS) is 26.1. The summed E-state index contributed by atoms with van der Waals surface area (Å²) in [6.07, 6.45) is 2.61. The molecule has 2 aliphatic rings. The topological polar surface area (TPSA) is 104 Å². The molecule has 1 aliphatic carbocycles. The number of halogens is 1. The Morgan fingerprint density at radius 2 is 1.93 bits per heavy atom. The Morgan fingerprint density at radius 1 is 1.19 bits per heavy atom. The van der Waals surface area contributed by atoms with Crippen LogP contribution in [0.25, 0.3) is 0 Å². The SMILES string of the molecule is O=C(O)[C@@H]1CC[C@H](C(=O)N2CCCC(NS(=O)(=O)c3cccc(F)c3)C2)C1. The molecule has 2 N–H and O–H groups in total. The van der Waals surface area contributed by atoms with Gasteiger partial charge < -0.3 is 10.0 Å². The van der Waals surface area contributed by atoms with Crippen LogP contribution in [0.1, 0.15) is 32.1 Å². The second-order valence-electron chi connectivity index (χ2n) is 7.25. The lowest BCUT2D eigenvalue weighted by atomic mass is 10.0. The highest BCUT2D eigenvalue weighted by Crippen LogP contribution is 2.33. The molecule has 148 valence electrons. The lowest BCUT2D eigenvalue weighted by Crippen LogP contribution is -2.50. The van der Waals surface area contributed by atoms with Crippen LogP contribution >= 0.6 is 0 Å². The number of sulfonamides is 1. The van der Waals surface area contributed by atoms with Crippen molar-refractivity contribution in [2.24, 2.45) is 11.8 Å². The first kappa shape index (κ1) is 19.8. The highest BCUT2D eigenvalue weighted by molar-refractivity contribution is 7.89. The third-order valence-electron chi connectivity index (χ3n) is 5.29. The van der Waals surface area contributed by atoms with Crippen molar-refractivity contribution >= 4 is 21.9 Å². The van der Waals surface area contributed by atoms with E-state index in [0.29, 0.717) is 38.6 Å². The Hall–Kier alpha value is -2.00. The molecule has 0 spiro atoms. The van der Waals surface area contributed by atoms with Crippen LogP contribution < -0.4 is 4.72 Å². The Labute approximate surface area is 157 Å². The fourth-order valence-electron chi connectivity index (χ4n) is 3.88. The number of nitrogens with zero attached hydrogens (tertiary/aromatic N) is 1. The van der Waals surface area contributed by atoms with E-state index in [1.165, 1.54) is 18.2 Å². The number of aliphatic carboxylic acids is 1. The van der Waals surface area contributed by atoms with Crippen LogP contribution in [0.5, 0.6) is 0 Å². The number of carbonyl (C=O) groups is 2. The van der Waals surface area contributed by atoms with Gasteiger partial charge in [0.05, 0.1) is 10.8 Å². The van der Waals surface area contributed by atoms with Gasteiger partial charge in [0, 0.05) is 25.0 Å². The quantitative estimate of drug-likeness (QED) is 0.784. The molecule has 9 heteroatoms. The predicted molar refractivity (Wildman–Crippen MR) is 94.8 cm³/mol. The van der Waals surface area contributed by atoms with Crippen molar-refractivity contribution in [2.75, 3.05) is 13.1 Å². The number of nitrogens with one attached hydrogen (secondary N) is 1. The fraction of sp³-hybridized carbons (Fsp3) is 0.556. The third kappa shape index (κ3) is 4.65. The van der Waals surface area contributed by atoms with Crippen LogP contribution in [0.3, 0.4) is 0 Å². The summed E-state index contributed by atoms with van der Waals surface area (Å²) >= 11 is 0. The van der Waals surface area contributed by atoms with Crippen molar-refractivity contribution in [1.29, 1.82) is 0 Å². The molecule has 3 rings (SSSR count). The third-order valence-corrected chi connectivity index (χ3v) is 6.81. The molecule has 2 fully saturated rings. The summed E-state index contributed by atoms with van der Waals surface area (Å²) in [5.74, 6) is -2.40. The number of carboxylic acids is 1. The molecule has 1 saturated carbocycles. The van der Waals surface area contributed by atoms with Gasteiger partial charge >= 0.3 is 5.97 Å². The van der Waals surface area contributed by atoms with E-state index >= 15 is 0 Å². The second kappa shape index (κ2) is 7.93. The summed E-state index contributed by atoms with van der Waals surface area (Å²) < 4.78 is 40.8. The van der Waals surface area contributed by atoms with E-state index in [9.17, 15) is 22.4 Å². The molecule has 1 saturated heterocycles. The van der Waals surface area contributed by atoms with Crippen LogP contribution in [-0.4, -0.2) is 49.4 Å². The van der Waals surface area contributed by atoms with E-state index in [-0.39, 0.29) is 23.3 Å². The Balaban J connectivity index is 1.62. The van der Waals surface area contributed by atoms with Gasteiger partial charge in [0.1, 0.15) is 5.82 Å². The van der Waals surface area contributed by atoms with Gasteiger partial charge in [-0.1, -0.05) is 6.07 Å². The molecule has 1 unspecified atom stereocenters. The van der Waals surface area contributed by atoms with Gasteiger partial charge in [-0.2, -0.15) is 0 Å². The highest BCUT2D eigenvalue weighted by atomic mass is 32.2. The first-order valence-electron chi connectivity index (χ1n) is 9.06. The maximum Gasteiger partial charge on any atom is 0.306 e. The van der Waals surface area contributed by atoms with Crippen molar-refractivity contribution in [3.63, 3.8) is 0 Å². The molecule has 1 aromatic carbocycles. The van der Waals surface area contributed by atoms with Crippen LogP contribution in [0.2, 0.25) is 0 Å². The van der Waals surface area contributed by atoms with Crippen molar-refractivity contribution in [3.05, 3.63) is 30.1 Å². The molecule has 27 heavy (non-hydrogen) atoms. The molecular weight excluding hydrogens is 375 g/mol. The number of carbonyl (C=O) groups excluding carboxylic acids is 1. The van der Waals surface area contributed by atoms with Gasteiger partial charge in [0.2, 0.25) is 15.9 Å². The average molecular weight is 398 g/mol. The lowest BCUT2D eigenvalue weighted by molar-refractivity contribution is -0.141. The summed E-state index contributed by atoms with van der Waals surface area (Å²) in [5.41, 5.74) is 0. The minimum absolute atomic E-state index is 0.103. The molecule has 3 atom stereocenters. The fourth-order valence-corrected chi connectivity index (χ4v) is 5.18. The number of carboxylic acid groups (broad SMARTS) is 1. The zero-order valence-electron chi connectivity index (χ0n) is 14.8. The molecule has 1 aliphatic heterocycles. The number of amides is 1. The van der Waals surface area contributed by atoms with E-state index in [2.05, 4.69) is 4.72 Å². The van der Waals surface area contributed by atoms with Crippen molar-refractivity contribution < 1.29 is 27.5 Å². The first-order chi connectivity index (χ1) is 12.8. The van der Waals surface area contributed by atoms with E-state index in [1.54, 1.807) is 4.90 Å². The summed E-state index contributed by atoms with van der Waals surface area (Å²) in [4.78, 5) is 25.3.